The van der Waals surface area contributed by atoms with Gasteiger partial charge in [0.1, 0.15) is 18.2 Å². The van der Waals surface area contributed by atoms with Gasteiger partial charge in [-0.3, -0.25) is 0 Å². The fourth-order valence-corrected chi connectivity index (χ4v) is 1.59. The average Bonchev–Trinajstić information content (AvgIpc) is 2.46. The van der Waals surface area contributed by atoms with Gasteiger partial charge >= 0.3 is 0 Å². The molecule has 0 saturated heterocycles. The van der Waals surface area contributed by atoms with Crippen LogP contribution in [-0.4, -0.2) is 36.8 Å². The summed E-state index contributed by atoms with van der Waals surface area (Å²) >= 11 is 0. The van der Waals surface area contributed by atoms with E-state index in [2.05, 4.69) is 27.6 Å². The third-order valence-corrected chi connectivity index (χ3v) is 2.61. The van der Waals surface area contributed by atoms with E-state index in [-0.39, 0.29) is 0 Å². The van der Waals surface area contributed by atoms with Crippen molar-refractivity contribution in [1.29, 1.82) is 0 Å². The molecule has 1 aromatic rings. The normalized spacial score (nSPS) is 10.6. The Balaban J connectivity index is 2.33. The van der Waals surface area contributed by atoms with Crippen molar-refractivity contribution in [3.05, 3.63) is 11.9 Å². The number of unbranched alkanes of at least 4 members (excludes halogenated alkanes) is 1. The molecule has 4 N–H and O–H groups in total. The number of rotatable bonds is 11. The van der Waals surface area contributed by atoms with Gasteiger partial charge in [0.2, 0.25) is 0 Å². The summed E-state index contributed by atoms with van der Waals surface area (Å²) in [4.78, 5) is 8.52. The lowest BCUT2D eigenvalue weighted by atomic mass is 10.3. The van der Waals surface area contributed by atoms with Crippen LogP contribution in [0.4, 0.5) is 11.6 Å². The van der Waals surface area contributed by atoms with Gasteiger partial charge in [0, 0.05) is 32.9 Å². The maximum Gasteiger partial charge on any atom is 0.158 e. The monoisotopic (exact) mass is 283 g/mol. The summed E-state index contributed by atoms with van der Waals surface area (Å²) in [6.07, 6.45) is 3.21. The molecule has 0 aromatic carbocycles. The van der Waals surface area contributed by atoms with Crippen LogP contribution in [-0.2, 0) is 16.1 Å². The number of nitrogens with one attached hydrogen (secondary N) is 2. The van der Waals surface area contributed by atoms with Crippen LogP contribution >= 0.6 is 0 Å². The van der Waals surface area contributed by atoms with Crippen molar-refractivity contribution in [2.75, 3.05) is 37.6 Å². The third kappa shape index (κ3) is 6.65. The Kier molecular flexibility index (Phi) is 8.61. The lowest BCUT2D eigenvalue weighted by molar-refractivity contribution is 0.131. The zero-order valence-electron chi connectivity index (χ0n) is 12.3. The van der Waals surface area contributed by atoms with Crippen LogP contribution in [0.15, 0.2) is 6.07 Å². The molecule has 0 amide bonds. The van der Waals surface area contributed by atoms with Crippen LogP contribution in [0.5, 0.6) is 0 Å². The molecule has 0 radical (unpaired) electrons. The van der Waals surface area contributed by atoms with E-state index in [4.69, 9.17) is 15.3 Å². The number of hydrogen-bond donors (Lipinski definition) is 3. The first-order valence-electron chi connectivity index (χ1n) is 6.95. The van der Waals surface area contributed by atoms with Crippen molar-refractivity contribution < 1.29 is 9.47 Å². The highest BCUT2D eigenvalue weighted by molar-refractivity contribution is 5.46. The summed E-state index contributed by atoms with van der Waals surface area (Å²) in [7, 11) is 1.60. The van der Waals surface area contributed by atoms with Crippen LogP contribution in [0.3, 0.4) is 0 Å². The quantitative estimate of drug-likeness (QED) is 0.322. The third-order valence-electron chi connectivity index (χ3n) is 2.61. The topological polar surface area (TPSA) is 94.3 Å². The van der Waals surface area contributed by atoms with Gasteiger partial charge in [-0.15, -0.1) is 0 Å². The number of nitrogens with two attached hydrogens (primary N) is 1. The van der Waals surface area contributed by atoms with E-state index >= 15 is 0 Å². The van der Waals surface area contributed by atoms with Crippen molar-refractivity contribution in [2.45, 2.75) is 32.8 Å². The van der Waals surface area contributed by atoms with E-state index in [1.54, 1.807) is 13.2 Å². The zero-order valence-corrected chi connectivity index (χ0v) is 12.3. The average molecular weight is 283 g/mol. The highest BCUT2D eigenvalue weighted by atomic mass is 16.5. The van der Waals surface area contributed by atoms with E-state index in [9.17, 15) is 0 Å². The standard InChI is InChI=1S/C13H25N5O2/c1-3-4-7-20-8-5-6-15-11-9-12(18-14)17-13(16-11)10-19-2/h9H,3-8,10,14H2,1-2H3,(H2,15,16,17,18). The van der Waals surface area contributed by atoms with Crippen molar-refractivity contribution >= 4 is 11.6 Å². The second-order valence-corrected chi connectivity index (χ2v) is 4.38. The molecule has 0 atom stereocenters. The van der Waals surface area contributed by atoms with E-state index in [1.807, 2.05) is 0 Å². The van der Waals surface area contributed by atoms with Crippen molar-refractivity contribution in [1.82, 2.24) is 9.97 Å². The van der Waals surface area contributed by atoms with Crippen LogP contribution in [0, 0.1) is 0 Å². The van der Waals surface area contributed by atoms with Crippen molar-refractivity contribution in [3.8, 4) is 0 Å². The van der Waals surface area contributed by atoms with E-state index in [1.165, 1.54) is 0 Å². The zero-order chi connectivity index (χ0) is 14.6. The second kappa shape index (κ2) is 10.4. The molecule has 114 valence electrons. The molecular weight excluding hydrogens is 258 g/mol. The number of hydrazine groups is 1. The first kappa shape index (κ1) is 16.6. The molecule has 0 aliphatic rings. The Morgan fingerprint density at radius 3 is 2.65 bits per heavy atom. The summed E-state index contributed by atoms with van der Waals surface area (Å²) in [5.41, 5.74) is 2.52. The molecule has 20 heavy (non-hydrogen) atoms. The number of methoxy groups -OCH3 is 1. The summed E-state index contributed by atoms with van der Waals surface area (Å²) < 4.78 is 10.5. The molecule has 0 bridgehead atoms. The van der Waals surface area contributed by atoms with E-state index in [0.717, 1.165) is 44.8 Å². The predicted octanol–water partition coefficient (Wildman–Crippen LogP) is 1.53. The number of hydrogen-bond acceptors (Lipinski definition) is 7. The minimum absolute atomic E-state index is 0.352. The Morgan fingerprint density at radius 2 is 1.95 bits per heavy atom. The van der Waals surface area contributed by atoms with Gasteiger partial charge in [-0.1, -0.05) is 13.3 Å². The number of ether oxygens (including phenoxy) is 2. The number of nitrogen functional groups attached to an aromatic ring is 1. The number of anilines is 2. The first-order valence-corrected chi connectivity index (χ1v) is 6.95. The smallest absolute Gasteiger partial charge is 0.158 e. The van der Waals surface area contributed by atoms with Gasteiger partial charge in [-0.05, 0) is 12.8 Å². The predicted molar refractivity (Wildman–Crippen MR) is 79.4 cm³/mol. The summed E-state index contributed by atoms with van der Waals surface area (Å²) in [5.74, 6) is 7.26. The van der Waals surface area contributed by atoms with Crippen LogP contribution in [0.2, 0.25) is 0 Å². The van der Waals surface area contributed by atoms with E-state index < -0.39 is 0 Å². The van der Waals surface area contributed by atoms with Crippen LogP contribution < -0.4 is 16.6 Å². The van der Waals surface area contributed by atoms with Gasteiger partial charge in [-0.25, -0.2) is 15.8 Å². The van der Waals surface area contributed by atoms with Crippen LogP contribution in [0.1, 0.15) is 32.0 Å². The minimum Gasteiger partial charge on any atom is -0.381 e. The fourth-order valence-electron chi connectivity index (χ4n) is 1.59. The van der Waals surface area contributed by atoms with Gasteiger partial charge < -0.3 is 20.2 Å². The molecule has 7 heteroatoms. The molecule has 0 unspecified atom stereocenters. The highest BCUT2D eigenvalue weighted by Gasteiger charge is 2.03. The largest absolute Gasteiger partial charge is 0.381 e. The number of aromatic nitrogens is 2. The van der Waals surface area contributed by atoms with Crippen molar-refractivity contribution in [3.63, 3.8) is 0 Å². The Labute approximate surface area is 120 Å². The fraction of sp³-hybridized carbons (Fsp3) is 0.692. The molecule has 7 nitrogen and oxygen atoms in total. The van der Waals surface area contributed by atoms with Gasteiger partial charge in [0.05, 0.1) is 0 Å². The highest BCUT2D eigenvalue weighted by Crippen LogP contribution is 2.10. The maximum atomic E-state index is 5.49. The Hall–Kier alpha value is -1.44. The van der Waals surface area contributed by atoms with Crippen molar-refractivity contribution in [2.24, 2.45) is 5.84 Å². The molecule has 0 fully saturated rings. The van der Waals surface area contributed by atoms with Gasteiger partial charge in [-0.2, -0.15) is 0 Å². The molecule has 0 spiro atoms. The van der Waals surface area contributed by atoms with Gasteiger partial charge in [0.25, 0.3) is 0 Å². The first-order chi connectivity index (χ1) is 9.80. The summed E-state index contributed by atoms with van der Waals surface area (Å²) in [6.45, 7) is 4.89. The summed E-state index contributed by atoms with van der Waals surface area (Å²) in [6, 6.07) is 1.76. The molecule has 1 heterocycles. The molecular formula is C13H25N5O2. The molecule has 1 aromatic heterocycles. The summed E-state index contributed by atoms with van der Waals surface area (Å²) in [5, 5.41) is 3.23. The Morgan fingerprint density at radius 1 is 1.20 bits per heavy atom. The van der Waals surface area contributed by atoms with Gasteiger partial charge in [0.15, 0.2) is 5.82 Å². The lowest BCUT2D eigenvalue weighted by Crippen LogP contribution is -2.13. The maximum absolute atomic E-state index is 5.49. The Bertz CT molecular complexity index is 376. The second-order valence-electron chi connectivity index (χ2n) is 4.38. The lowest BCUT2D eigenvalue weighted by Gasteiger charge is -2.09. The molecule has 1 rings (SSSR count). The van der Waals surface area contributed by atoms with E-state index in [0.29, 0.717) is 18.2 Å². The molecule has 0 aliphatic heterocycles. The number of nitrogens with zero attached hydrogens (tertiary/aromatic N) is 2. The SMILES string of the molecule is CCCCOCCCNc1cc(NN)nc(COC)n1. The van der Waals surface area contributed by atoms with Crippen LogP contribution in [0.25, 0.3) is 0 Å². The molecule has 0 aliphatic carbocycles. The minimum atomic E-state index is 0.352. The molecule has 0 saturated carbocycles.